The van der Waals surface area contributed by atoms with Crippen molar-refractivity contribution in [3.8, 4) is 11.5 Å². The molecule has 7 heteroatoms. The van der Waals surface area contributed by atoms with E-state index in [1.807, 2.05) is 72.8 Å². The van der Waals surface area contributed by atoms with E-state index >= 15 is 0 Å². The van der Waals surface area contributed by atoms with Crippen molar-refractivity contribution in [3.05, 3.63) is 107 Å². The largest absolute Gasteiger partial charge is 0.497 e. The van der Waals surface area contributed by atoms with E-state index in [9.17, 15) is 8.42 Å². The van der Waals surface area contributed by atoms with Gasteiger partial charge in [0.1, 0.15) is 11.5 Å². The van der Waals surface area contributed by atoms with Gasteiger partial charge in [-0.05, 0) is 72.4 Å². The maximum absolute atomic E-state index is 14.1. The standard InChI is InChI=1S/C28H32BrNO4S/c1-4-5-6-28(19-22-7-13-25(29)14-8-22)35(31,32)30(20-23-9-15-26(33-2)16-10-23)21-24-11-17-27(34-3)18-12-24/h4,7-18,28H,1,5-6,19-21H2,2-3H3/t28-/m0/s1. The van der Waals surface area contributed by atoms with Crippen molar-refractivity contribution in [2.75, 3.05) is 14.2 Å². The normalized spacial score (nSPS) is 12.3. The molecule has 0 aliphatic rings. The molecule has 0 amide bonds. The third-order valence-electron chi connectivity index (χ3n) is 5.89. The second-order valence-electron chi connectivity index (χ2n) is 8.33. The molecule has 0 aliphatic carbocycles. The molecule has 0 radical (unpaired) electrons. The van der Waals surface area contributed by atoms with Crippen LogP contribution in [0.1, 0.15) is 29.5 Å². The topological polar surface area (TPSA) is 55.8 Å². The van der Waals surface area contributed by atoms with E-state index in [0.29, 0.717) is 19.3 Å². The van der Waals surface area contributed by atoms with E-state index in [1.54, 1.807) is 24.6 Å². The molecular weight excluding hydrogens is 526 g/mol. The van der Waals surface area contributed by atoms with Crippen LogP contribution in [0.3, 0.4) is 0 Å². The van der Waals surface area contributed by atoms with Crippen molar-refractivity contribution in [3.63, 3.8) is 0 Å². The van der Waals surface area contributed by atoms with Gasteiger partial charge in [-0.2, -0.15) is 4.31 Å². The lowest BCUT2D eigenvalue weighted by Crippen LogP contribution is -2.39. The summed E-state index contributed by atoms with van der Waals surface area (Å²) < 4.78 is 41.3. The Morgan fingerprint density at radius 3 is 1.71 bits per heavy atom. The molecule has 0 saturated carbocycles. The smallest absolute Gasteiger partial charge is 0.217 e. The number of methoxy groups -OCH3 is 2. The Bertz CT molecular complexity index is 1130. The summed E-state index contributed by atoms with van der Waals surface area (Å²) in [5.74, 6) is 1.47. The molecule has 3 aromatic rings. The highest BCUT2D eigenvalue weighted by Gasteiger charge is 2.32. The SMILES string of the molecule is C=CCC[C@@H](Cc1ccc(Br)cc1)S(=O)(=O)N(Cc1ccc(OC)cc1)Cc1ccc(OC)cc1. The first-order valence-electron chi connectivity index (χ1n) is 11.5. The fourth-order valence-corrected chi connectivity index (χ4v) is 6.04. The highest BCUT2D eigenvalue weighted by atomic mass is 79.9. The number of hydrogen-bond acceptors (Lipinski definition) is 4. The van der Waals surface area contributed by atoms with Crippen LogP contribution in [0.25, 0.3) is 0 Å². The molecule has 0 bridgehead atoms. The van der Waals surface area contributed by atoms with E-state index < -0.39 is 15.3 Å². The van der Waals surface area contributed by atoms with Crippen LogP contribution in [0.5, 0.6) is 11.5 Å². The molecular formula is C28H32BrNO4S. The monoisotopic (exact) mass is 557 g/mol. The van der Waals surface area contributed by atoms with E-state index in [-0.39, 0.29) is 13.1 Å². The van der Waals surface area contributed by atoms with Crippen LogP contribution in [0.15, 0.2) is 89.9 Å². The van der Waals surface area contributed by atoms with Crippen molar-refractivity contribution in [1.82, 2.24) is 4.31 Å². The third kappa shape index (κ3) is 7.69. The first kappa shape index (κ1) is 27.0. The minimum atomic E-state index is -3.66. The van der Waals surface area contributed by atoms with Gasteiger partial charge in [-0.25, -0.2) is 8.42 Å². The van der Waals surface area contributed by atoms with Gasteiger partial charge >= 0.3 is 0 Å². The van der Waals surface area contributed by atoms with Crippen LogP contribution in [0.4, 0.5) is 0 Å². The zero-order valence-corrected chi connectivity index (χ0v) is 22.6. The predicted molar refractivity (Wildman–Crippen MR) is 145 cm³/mol. The number of benzene rings is 3. The molecule has 3 rings (SSSR count). The van der Waals surface area contributed by atoms with Crippen LogP contribution in [0.2, 0.25) is 0 Å². The summed E-state index contributed by atoms with van der Waals surface area (Å²) in [5, 5.41) is -0.571. The summed E-state index contributed by atoms with van der Waals surface area (Å²) in [6, 6.07) is 22.9. The predicted octanol–water partition coefficient (Wildman–Crippen LogP) is 6.38. The van der Waals surface area contributed by atoms with Gasteiger partial charge in [0.2, 0.25) is 10.0 Å². The van der Waals surface area contributed by atoms with E-state index in [4.69, 9.17) is 9.47 Å². The van der Waals surface area contributed by atoms with E-state index in [1.165, 1.54) is 0 Å². The third-order valence-corrected chi connectivity index (χ3v) is 8.64. The van der Waals surface area contributed by atoms with Crippen LogP contribution in [0, 0.1) is 0 Å². The minimum Gasteiger partial charge on any atom is -0.497 e. The molecule has 1 atom stereocenters. The van der Waals surface area contributed by atoms with Crippen molar-refractivity contribution < 1.29 is 17.9 Å². The Hall–Kier alpha value is -2.61. The first-order valence-corrected chi connectivity index (χ1v) is 13.8. The summed E-state index contributed by atoms with van der Waals surface area (Å²) in [6.07, 6.45) is 3.34. The first-order chi connectivity index (χ1) is 16.8. The van der Waals surface area contributed by atoms with E-state index in [2.05, 4.69) is 22.5 Å². The van der Waals surface area contributed by atoms with Gasteiger partial charge < -0.3 is 9.47 Å². The quantitative estimate of drug-likeness (QED) is 0.229. The van der Waals surface area contributed by atoms with Crippen LogP contribution >= 0.6 is 15.9 Å². The maximum atomic E-state index is 14.1. The number of rotatable bonds is 13. The summed E-state index contributed by atoms with van der Waals surface area (Å²) >= 11 is 3.45. The number of sulfonamides is 1. The van der Waals surface area contributed by atoms with Crippen LogP contribution in [-0.2, 0) is 29.5 Å². The second kappa shape index (κ2) is 12.9. The fraction of sp³-hybridized carbons (Fsp3) is 0.286. The second-order valence-corrected chi connectivity index (χ2v) is 11.5. The fourth-order valence-electron chi connectivity index (χ4n) is 3.86. The number of hydrogen-bond donors (Lipinski definition) is 0. The average Bonchev–Trinajstić information content (AvgIpc) is 2.88. The van der Waals surface area contributed by atoms with Crippen molar-refractivity contribution in [1.29, 1.82) is 0 Å². The molecule has 0 unspecified atom stereocenters. The zero-order valence-electron chi connectivity index (χ0n) is 20.2. The molecule has 5 nitrogen and oxygen atoms in total. The molecule has 0 aromatic heterocycles. The Balaban J connectivity index is 1.94. The highest BCUT2D eigenvalue weighted by Crippen LogP contribution is 2.25. The molecule has 3 aromatic carbocycles. The van der Waals surface area contributed by atoms with Gasteiger partial charge in [0.05, 0.1) is 19.5 Å². The number of allylic oxidation sites excluding steroid dienone is 1. The molecule has 0 N–H and O–H groups in total. The van der Waals surface area contributed by atoms with Crippen LogP contribution < -0.4 is 9.47 Å². The van der Waals surface area contributed by atoms with Gasteiger partial charge in [0.15, 0.2) is 0 Å². The lowest BCUT2D eigenvalue weighted by molar-refractivity contribution is 0.388. The maximum Gasteiger partial charge on any atom is 0.217 e. The summed E-state index contributed by atoms with van der Waals surface area (Å²) in [7, 11) is -0.434. The molecule has 0 saturated heterocycles. The van der Waals surface area contributed by atoms with Gasteiger partial charge in [0.25, 0.3) is 0 Å². The van der Waals surface area contributed by atoms with Crippen molar-refractivity contribution in [2.24, 2.45) is 0 Å². The van der Waals surface area contributed by atoms with Gasteiger partial charge in [-0.1, -0.05) is 58.4 Å². The molecule has 35 heavy (non-hydrogen) atoms. The summed E-state index contributed by atoms with van der Waals surface area (Å²) in [6.45, 7) is 4.34. The molecule has 0 aliphatic heterocycles. The Morgan fingerprint density at radius 2 is 1.29 bits per heavy atom. The van der Waals surface area contributed by atoms with Crippen LogP contribution in [-0.4, -0.2) is 32.2 Å². The summed E-state index contributed by atoms with van der Waals surface area (Å²) in [5.41, 5.74) is 2.78. The molecule has 186 valence electrons. The summed E-state index contributed by atoms with van der Waals surface area (Å²) in [4.78, 5) is 0. The van der Waals surface area contributed by atoms with Gasteiger partial charge in [-0.15, -0.1) is 6.58 Å². The molecule has 0 fully saturated rings. The average molecular weight is 559 g/mol. The highest BCUT2D eigenvalue weighted by molar-refractivity contribution is 9.10. The van der Waals surface area contributed by atoms with E-state index in [0.717, 1.165) is 32.7 Å². The molecule has 0 heterocycles. The lowest BCUT2D eigenvalue weighted by Gasteiger charge is -2.28. The lowest BCUT2D eigenvalue weighted by atomic mass is 10.1. The Labute approximate surface area is 217 Å². The number of ether oxygens (including phenoxy) is 2. The van der Waals surface area contributed by atoms with Gasteiger partial charge in [-0.3, -0.25) is 0 Å². The molecule has 0 spiro atoms. The Kier molecular flexibility index (Phi) is 9.95. The zero-order chi connectivity index (χ0) is 25.3. The van der Waals surface area contributed by atoms with Crippen molar-refractivity contribution >= 4 is 26.0 Å². The van der Waals surface area contributed by atoms with Gasteiger partial charge in [0, 0.05) is 17.6 Å². The Morgan fingerprint density at radius 1 is 0.829 bits per heavy atom. The van der Waals surface area contributed by atoms with Crippen molar-refractivity contribution in [2.45, 2.75) is 37.6 Å². The number of halogens is 1. The minimum absolute atomic E-state index is 0.267. The number of nitrogens with zero attached hydrogens (tertiary/aromatic N) is 1.